The lowest BCUT2D eigenvalue weighted by Gasteiger charge is -2.22. The lowest BCUT2D eigenvalue weighted by Crippen LogP contribution is -2.36. The molecule has 12 heteroatoms. The first kappa shape index (κ1) is 24.1. The van der Waals surface area contributed by atoms with Gasteiger partial charge in [0.1, 0.15) is 11.8 Å². The first-order valence-electron chi connectivity index (χ1n) is 11.4. The molecule has 0 radical (unpaired) electrons. The largest absolute Gasteiger partial charge is 0.493 e. The van der Waals surface area contributed by atoms with Crippen LogP contribution >= 0.6 is 0 Å². The van der Waals surface area contributed by atoms with Crippen molar-refractivity contribution in [1.82, 2.24) is 15.0 Å². The highest BCUT2D eigenvalue weighted by atomic mass is 19.4. The monoisotopic (exact) mass is 485 g/mol. The van der Waals surface area contributed by atoms with Crippen molar-refractivity contribution in [3.8, 4) is 17.1 Å². The number of oxime groups is 1. The fourth-order valence-electron chi connectivity index (χ4n) is 4.70. The molecule has 2 heterocycles. The highest BCUT2D eigenvalue weighted by molar-refractivity contribution is 5.78. The maximum atomic E-state index is 13.8. The summed E-state index contributed by atoms with van der Waals surface area (Å²) in [6, 6.07) is 3.24. The highest BCUT2D eigenvalue weighted by Crippen LogP contribution is 2.39. The Kier molecular flexibility index (Phi) is 7.42. The van der Waals surface area contributed by atoms with Crippen LogP contribution in [0.25, 0.3) is 11.4 Å². The van der Waals surface area contributed by atoms with Crippen LogP contribution in [0.2, 0.25) is 0 Å². The van der Waals surface area contributed by atoms with E-state index in [-0.39, 0.29) is 35.6 Å². The van der Waals surface area contributed by atoms with Gasteiger partial charge in [-0.1, -0.05) is 37.3 Å². The Morgan fingerprint density at radius 2 is 1.97 bits per heavy atom. The summed E-state index contributed by atoms with van der Waals surface area (Å²) in [6.07, 6.45) is 3.18. The second kappa shape index (κ2) is 10.5. The molecule has 186 valence electrons. The number of nitrogens with zero attached hydrogens (tertiary/aromatic N) is 4. The molecule has 34 heavy (non-hydrogen) atoms. The van der Waals surface area contributed by atoms with Crippen molar-refractivity contribution in [2.75, 3.05) is 13.2 Å². The predicted octanol–water partition coefficient (Wildman–Crippen LogP) is 5.37. The Labute approximate surface area is 194 Å². The number of guanidine groups is 1. The summed E-state index contributed by atoms with van der Waals surface area (Å²) in [5, 5.41) is 10.1. The summed E-state index contributed by atoms with van der Waals surface area (Å²) in [7, 11) is 0. The number of benzene rings is 1. The Balaban J connectivity index is 1.50. The van der Waals surface area contributed by atoms with Crippen molar-refractivity contribution in [3.05, 3.63) is 29.7 Å². The predicted molar refractivity (Wildman–Crippen MR) is 114 cm³/mol. The summed E-state index contributed by atoms with van der Waals surface area (Å²) >= 11 is 0. The third kappa shape index (κ3) is 5.53. The first-order chi connectivity index (χ1) is 16.4. The third-order valence-electron chi connectivity index (χ3n) is 6.45. The summed E-state index contributed by atoms with van der Waals surface area (Å²) in [5.41, 5.74) is 4.94. The number of rotatable bonds is 7. The minimum atomic E-state index is -4.61. The van der Waals surface area contributed by atoms with Crippen LogP contribution in [0, 0.1) is 5.92 Å². The molecule has 0 bridgehead atoms. The van der Waals surface area contributed by atoms with Gasteiger partial charge in [-0.05, 0) is 48.5 Å². The molecule has 1 aliphatic carbocycles. The average molecular weight is 485 g/mol. The maximum Gasteiger partial charge on any atom is 0.419 e. The molecule has 2 aromatic rings. The number of hydrogen-bond donors (Lipinski definition) is 1. The van der Waals surface area contributed by atoms with Crippen LogP contribution in [0.5, 0.6) is 5.75 Å². The van der Waals surface area contributed by atoms with E-state index in [1.165, 1.54) is 36.3 Å². The highest BCUT2D eigenvalue weighted by Gasteiger charge is 2.36. The van der Waals surface area contributed by atoms with E-state index in [0.29, 0.717) is 25.3 Å². The van der Waals surface area contributed by atoms with Crippen molar-refractivity contribution in [2.45, 2.75) is 63.6 Å². The van der Waals surface area contributed by atoms with E-state index >= 15 is 0 Å². The van der Waals surface area contributed by atoms with Gasteiger partial charge in [0, 0.05) is 16.6 Å². The lowest BCUT2D eigenvalue weighted by molar-refractivity contribution is -0.138. The van der Waals surface area contributed by atoms with Gasteiger partial charge in [-0.3, -0.25) is 0 Å². The molecule has 2 fully saturated rings. The molecule has 1 aliphatic heterocycles. The van der Waals surface area contributed by atoms with Crippen LogP contribution in [-0.2, 0) is 11.2 Å². The van der Waals surface area contributed by atoms with Crippen molar-refractivity contribution < 1.29 is 32.0 Å². The number of hydrogen-bond acceptors (Lipinski definition) is 6. The Morgan fingerprint density at radius 1 is 1.18 bits per heavy atom. The maximum absolute atomic E-state index is 13.8. The molecule has 1 atom stereocenters. The van der Waals surface area contributed by atoms with Gasteiger partial charge in [-0.25, -0.2) is 0 Å². The topological polar surface area (TPSA) is 99.0 Å². The molecule has 1 aromatic heterocycles. The second-order valence-corrected chi connectivity index (χ2v) is 8.68. The third-order valence-corrected chi connectivity index (χ3v) is 6.45. The van der Waals surface area contributed by atoms with Gasteiger partial charge in [0.15, 0.2) is 0 Å². The molecule has 2 N–H and O–H groups in total. The number of aromatic nitrogens is 2. The zero-order chi connectivity index (χ0) is 24.1. The summed E-state index contributed by atoms with van der Waals surface area (Å²) < 4.78 is 64.2. The number of nitrogens with two attached hydrogens (primary N) is 1. The van der Waals surface area contributed by atoms with E-state index in [2.05, 4.69) is 20.3 Å². The zero-order valence-corrected chi connectivity index (χ0v) is 18.6. The van der Waals surface area contributed by atoms with Crippen LogP contribution in [0.1, 0.15) is 68.9 Å². The molecule has 1 saturated carbocycles. The van der Waals surface area contributed by atoms with Crippen LogP contribution in [0.3, 0.4) is 0 Å². The average Bonchev–Trinajstić information content (AvgIpc) is 3.49. The standard InChI is InChI=1S/C22H27F4N5O3/c23-22(24,25)16-13-15(8-9-18(16)32-12-10-14-5-2-1-3-6-14)19-28-20(33-29-19)17-7-4-11-31(17)21(27)30-34-26/h8-9,13-14,17H,1-7,10-12H2,(H2,27,30). The Hall–Kier alpha value is -3.05. The van der Waals surface area contributed by atoms with Crippen molar-refractivity contribution >= 4 is 5.96 Å². The van der Waals surface area contributed by atoms with Gasteiger partial charge < -0.3 is 19.9 Å². The van der Waals surface area contributed by atoms with Gasteiger partial charge in [0.25, 0.3) is 0 Å². The Bertz CT molecular complexity index is 991. The smallest absolute Gasteiger partial charge is 0.419 e. The van der Waals surface area contributed by atoms with Crippen LogP contribution in [0.4, 0.5) is 17.7 Å². The fourth-order valence-corrected chi connectivity index (χ4v) is 4.70. The zero-order valence-electron chi connectivity index (χ0n) is 18.6. The van der Waals surface area contributed by atoms with E-state index in [0.717, 1.165) is 25.3 Å². The first-order valence-corrected chi connectivity index (χ1v) is 11.4. The molecule has 1 aromatic carbocycles. The molecule has 8 nitrogen and oxygen atoms in total. The van der Waals surface area contributed by atoms with Crippen molar-refractivity contribution in [3.63, 3.8) is 0 Å². The molecule has 2 aliphatic rings. The van der Waals surface area contributed by atoms with Gasteiger partial charge in [0.2, 0.25) is 17.7 Å². The van der Waals surface area contributed by atoms with Gasteiger partial charge in [0.05, 0.1) is 12.2 Å². The molecular weight excluding hydrogens is 458 g/mol. The molecule has 1 saturated heterocycles. The molecule has 1 unspecified atom stereocenters. The van der Waals surface area contributed by atoms with E-state index in [1.807, 2.05) is 0 Å². The van der Waals surface area contributed by atoms with Crippen molar-refractivity contribution in [2.24, 2.45) is 16.8 Å². The minimum absolute atomic E-state index is 0.00152. The summed E-state index contributed by atoms with van der Waals surface area (Å²) in [6.45, 7) is 0.703. The number of halogens is 4. The SMILES string of the molecule is N/C(=N/OF)N1CCCC1c1nc(-c2ccc(OCCC3CCCCC3)c(C(F)(F)F)c2)no1. The molecule has 0 amide bonds. The molecule has 0 spiro atoms. The van der Waals surface area contributed by atoms with Crippen LogP contribution in [0.15, 0.2) is 27.9 Å². The normalized spacial score (nSPS) is 20.1. The molecular formula is C22H27F4N5O3. The summed E-state index contributed by atoms with van der Waals surface area (Å²) in [4.78, 5) is 5.79. The fraction of sp³-hybridized carbons (Fsp3) is 0.591. The number of likely N-dealkylation sites (tertiary alicyclic amines) is 1. The van der Waals surface area contributed by atoms with E-state index in [4.69, 9.17) is 15.0 Å². The van der Waals surface area contributed by atoms with E-state index in [9.17, 15) is 17.7 Å². The van der Waals surface area contributed by atoms with Gasteiger partial charge >= 0.3 is 6.18 Å². The number of ether oxygens (including phenoxy) is 1. The quantitative estimate of drug-likeness (QED) is 0.244. The van der Waals surface area contributed by atoms with Crippen molar-refractivity contribution in [1.29, 1.82) is 0 Å². The summed E-state index contributed by atoms with van der Waals surface area (Å²) in [5.74, 6) is 0.238. The number of alkyl halides is 3. The molecule has 4 rings (SSSR count). The van der Waals surface area contributed by atoms with E-state index in [1.54, 1.807) is 0 Å². The van der Waals surface area contributed by atoms with Crippen LogP contribution in [-0.4, -0.2) is 34.2 Å². The van der Waals surface area contributed by atoms with E-state index < -0.39 is 17.8 Å². The minimum Gasteiger partial charge on any atom is -0.493 e. The lowest BCUT2D eigenvalue weighted by atomic mass is 9.87. The van der Waals surface area contributed by atoms with Gasteiger partial charge in [-0.2, -0.15) is 23.2 Å². The van der Waals surface area contributed by atoms with Crippen LogP contribution < -0.4 is 10.5 Å². The van der Waals surface area contributed by atoms with Gasteiger partial charge in [-0.15, -0.1) is 0 Å². The Morgan fingerprint density at radius 3 is 2.71 bits per heavy atom. The second-order valence-electron chi connectivity index (χ2n) is 8.68.